The molecule has 0 aromatic rings. The molecule has 0 saturated carbocycles. The van der Waals surface area contributed by atoms with Gasteiger partial charge in [-0.1, -0.05) is 76.9 Å². The molecule has 27 heavy (non-hydrogen) atoms. The van der Waals surface area contributed by atoms with Gasteiger partial charge in [0, 0.05) is 0 Å². The van der Waals surface area contributed by atoms with E-state index in [1.54, 1.807) is 0 Å². The zero-order chi connectivity index (χ0) is 20.0. The second-order valence-electron chi connectivity index (χ2n) is 7.64. The third kappa shape index (κ3) is 19.7. The van der Waals surface area contributed by atoms with Crippen molar-refractivity contribution in [3.05, 3.63) is 12.2 Å². The van der Waals surface area contributed by atoms with Gasteiger partial charge in [-0.3, -0.25) is 4.79 Å². The van der Waals surface area contributed by atoms with E-state index >= 15 is 0 Å². The van der Waals surface area contributed by atoms with E-state index in [4.69, 9.17) is 16.2 Å². The van der Waals surface area contributed by atoms with Gasteiger partial charge >= 0.3 is 5.97 Å². The molecule has 0 rings (SSSR count). The standard InChI is InChI=1S/C23H46N2O2/c1-2-3-4-5-6-7-8-9-10-11-12-13-14-15-16-17-21-27-23(26)22(25)19-18-20-24/h9-10,22H,2-8,11-21,24-25H2,1H3/t22-/m0/s1. The van der Waals surface area contributed by atoms with Crippen LogP contribution in [0.3, 0.4) is 0 Å². The lowest BCUT2D eigenvalue weighted by atomic mass is 10.1. The number of allylic oxidation sites excluding steroid dienone is 2. The van der Waals surface area contributed by atoms with Gasteiger partial charge in [0.25, 0.3) is 0 Å². The van der Waals surface area contributed by atoms with Crippen LogP contribution in [0.4, 0.5) is 0 Å². The molecule has 0 amide bonds. The Labute approximate surface area is 168 Å². The van der Waals surface area contributed by atoms with Gasteiger partial charge < -0.3 is 16.2 Å². The number of hydrogen-bond acceptors (Lipinski definition) is 4. The number of hydrogen-bond donors (Lipinski definition) is 2. The maximum absolute atomic E-state index is 11.6. The molecule has 0 fully saturated rings. The topological polar surface area (TPSA) is 78.3 Å². The van der Waals surface area contributed by atoms with Gasteiger partial charge in [-0.15, -0.1) is 0 Å². The lowest BCUT2D eigenvalue weighted by molar-refractivity contribution is -0.145. The van der Waals surface area contributed by atoms with Gasteiger partial charge in [0.05, 0.1) is 6.61 Å². The molecule has 0 unspecified atom stereocenters. The first kappa shape index (κ1) is 26.1. The molecule has 0 aliphatic carbocycles. The molecule has 0 bridgehead atoms. The van der Waals surface area contributed by atoms with Crippen molar-refractivity contribution >= 4 is 5.97 Å². The van der Waals surface area contributed by atoms with Gasteiger partial charge in [0.15, 0.2) is 0 Å². The van der Waals surface area contributed by atoms with E-state index in [0.717, 1.165) is 19.3 Å². The normalized spacial score (nSPS) is 12.6. The van der Waals surface area contributed by atoms with E-state index in [9.17, 15) is 4.79 Å². The second kappa shape index (κ2) is 21.4. The summed E-state index contributed by atoms with van der Waals surface area (Å²) in [6.07, 6.45) is 24.0. The summed E-state index contributed by atoms with van der Waals surface area (Å²) in [5.74, 6) is -0.281. The fraction of sp³-hybridized carbons (Fsp3) is 0.870. The molecule has 4 heteroatoms. The summed E-state index contributed by atoms with van der Waals surface area (Å²) >= 11 is 0. The summed E-state index contributed by atoms with van der Waals surface area (Å²) < 4.78 is 5.21. The van der Waals surface area contributed by atoms with Crippen LogP contribution in [0.25, 0.3) is 0 Å². The van der Waals surface area contributed by atoms with E-state index in [2.05, 4.69) is 19.1 Å². The number of nitrogens with two attached hydrogens (primary N) is 2. The average molecular weight is 383 g/mol. The molecular formula is C23H46N2O2. The van der Waals surface area contributed by atoms with E-state index in [0.29, 0.717) is 19.6 Å². The Morgan fingerprint density at radius 2 is 1.33 bits per heavy atom. The zero-order valence-corrected chi connectivity index (χ0v) is 17.9. The highest BCUT2D eigenvalue weighted by Gasteiger charge is 2.13. The Bertz CT molecular complexity index is 345. The molecule has 0 aliphatic rings. The summed E-state index contributed by atoms with van der Waals surface area (Å²) in [4.78, 5) is 11.6. The lowest BCUT2D eigenvalue weighted by Crippen LogP contribution is -2.33. The van der Waals surface area contributed by atoms with E-state index in [-0.39, 0.29) is 5.97 Å². The molecule has 0 aliphatic heterocycles. The molecule has 0 radical (unpaired) electrons. The summed E-state index contributed by atoms with van der Waals surface area (Å²) in [5, 5.41) is 0. The van der Waals surface area contributed by atoms with Crippen LogP contribution in [0, 0.1) is 0 Å². The maximum atomic E-state index is 11.6. The first-order valence-corrected chi connectivity index (χ1v) is 11.5. The van der Waals surface area contributed by atoms with Gasteiger partial charge in [-0.2, -0.15) is 0 Å². The molecule has 4 N–H and O–H groups in total. The number of esters is 1. The Morgan fingerprint density at radius 1 is 0.815 bits per heavy atom. The molecule has 0 spiro atoms. The van der Waals surface area contributed by atoms with Gasteiger partial charge in [0.1, 0.15) is 6.04 Å². The second-order valence-corrected chi connectivity index (χ2v) is 7.64. The predicted molar refractivity (Wildman–Crippen MR) is 117 cm³/mol. The minimum Gasteiger partial charge on any atom is -0.465 e. The highest BCUT2D eigenvalue weighted by Crippen LogP contribution is 2.10. The number of rotatable bonds is 20. The summed E-state index contributed by atoms with van der Waals surface area (Å²) in [6, 6.07) is -0.511. The van der Waals surface area contributed by atoms with E-state index in [1.807, 2.05) is 0 Å². The Balaban J connectivity index is 3.24. The van der Waals surface area contributed by atoms with Crippen LogP contribution in [0.5, 0.6) is 0 Å². The van der Waals surface area contributed by atoms with Crippen molar-refractivity contribution in [2.24, 2.45) is 11.5 Å². The first-order valence-electron chi connectivity index (χ1n) is 11.5. The van der Waals surface area contributed by atoms with Crippen molar-refractivity contribution < 1.29 is 9.53 Å². The predicted octanol–water partition coefficient (Wildman–Crippen LogP) is 5.63. The molecule has 0 aromatic heterocycles. The third-order valence-corrected chi connectivity index (χ3v) is 4.92. The van der Waals surface area contributed by atoms with Crippen molar-refractivity contribution in [3.8, 4) is 0 Å². The highest BCUT2D eigenvalue weighted by atomic mass is 16.5. The van der Waals surface area contributed by atoms with Crippen molar-refractivity contribution in [1.29, 1.82) is 0 Å². The van der Waals surface area contributed by atoms with Crippen LogP contribution < -0.4 is 11.5 Å². The molecule has 4 nitrogen and oxygen atoms in total. The van der Waals surface area contributed by atoms with Gasteiger partial charge in [-0.05, 0) is 51.5 Å². The van der Waals surface area contributed by atoms with Crippen LogP contribution in [0.2, 0.25) is 0 Å². The number of carbonyl (C=O) groups is 1. The van der Waals surface area contributed by atoms with E-state index < -0.39 is 6.04 Å². The van der Waals surface area contributed by atoms with Crippen molar-refractivity contribution in [2.45, 2.75) is 116 Å². The quantitative estimate of drug-likeness (QED) is 0.162. The van der Waals surface area contributed by atoms with Gasteiger partial charge in [-0.25, -0.2) is 0 Å². The average Bonchev–Trinajstić information content (AvgIpc) is 2.68. The molecular weight excluding hydrogens is 336 g/mol. The van der Waals surface area contributed by atoms with Crippen molar-refractivity contribution in [2.75, 3.05) is 13.2 Å². The third-order valence-electron chi connectivity index (χ3n) is 4.92. The molecule has 0 saturated heterocycles. The number of ether oxygens (including phenoxy) is 1. The van der Waals surface area contributed by atoms with Crippen LogP contribution in [0.15, 0.2) is 12.2 Å². The summed E-state index contributed by atoms with van der Waals surface area (Å²) in [5.41, 5.74) is 11.1. The monoisotopic (exact) mass is 382 g/mol. The molecule has 1 atom stereocenters. The van der Waals surface area contributed by atoms with Crippen molar-refractivity contribution in [1.82, 2.24) is 0 Å². The van der Waals surface area contributed by atoms with Crippen LogP contribution >= 0.6 is 0 Å². The Kier molecular flexibility index (Phi) is 20.7. The largest absolute Gasteiger partial charge is 0.465 e. The minimum atomic E-state index is -0.511. The summed E-state index contributed by atoms with van der Waals surface area (Å²) in [7, 11) is 0. The zero-order valence-electron chi connectivity index (χ0n) is 17.9. The smallest absolute Gasteiger partial charge is 0.322 e. The number of carbonyl (C=O) groups excluding carboxylic acids is 1. The maximum Gasteiger partial charge on any atom is 0.322 e. The van der Waals surface area contributed by atoms with Crippen molar-refractivity contribution in [3.63, 3.8) is 0 Å². The van der Waals surface area contributed by atoms with Gasteiger partial charge in [0.2, 0.25) is 0 Å². The fourth-order valence-electron chi connectivity index (χ4n) is 3.08. The van der Waals surface area contributed by atoms with Crippen LogP contribution in [-0.2, 0) is 9.53 Å². The first-order chi connectivity index (χ1) is 13.2. The minimum absolute atomic E-state index is 0.281. The van der Waals surface area contributed by atoms with E-state index in [1.165, 1.54) is 77.0 Å². The Morgan fingerprint density at radius 3 is 1.89 bits per heavy atom. The molecule has 160 valence electrons. The Hall–Kier alpha value is -0.870. The number of unbranched alkanes of at least 4 members (excludes halogenated alkanes) is 12. The molecule has 0 aromatic carbocycles. The lowest BCUT2D eigenvalue weighted by Gasteiger charge is -2.10. The highest BCUT2D eigenvalue weighted by molar-refractivity contribution is 5.75. The van der Waals surface area contributed by atoms with Crippen LogP contribution in [-0.4, -0.2) is 25.2 Å². The SMILES string of the molecule is CCCCCCCCC=CCCCCCCCCOC(=O)[C@@H](N)CCCN. The molecule has 0 heterocycles. The fourth-order valence-corrected chi connectivity index (χ4v) is 3.08. The van der Waals surface area contributed by atoms with Crippen LogP contribution in [0.1, 0.15) is 110 Å². The summed E-state index contributed by atoms with van der Waals surface area (Å²) in [6.45, 7) is 3.33.